The number of amides is 2. The Labute approximate surface area is 147 Å². The maximum atomic E-state index is 12.4. The molecule has 0 spiro atoms. The summed E-state index contributed by atoms with van der Waals surface area (Å²) >= 11 is 0. The minimum Gasteiger partial charge on any atom is -0.361 e. The van der Waals surface area contributed by atoms with Crippen molar-refractivity contribution in [2.24, 2.45) is 0 Å². The summed E-state index contributed by atoms with van der Waals surface area (Å²) in [6.45, 7) is 4.47. The van der Waals surface area contributed by atoms with Crippen molar-refractivity contribution in [2.75, 3.05) is 11.4 Å². The van der Waals surface area contributed by atoms with Gasteiger partial charge in [0.05, 0.1) is 18.2 Å². The lowest BCUT2D eigenvalue weighted by atomic mass is 10.1. The van der Waals surface area contributed by atoms with Gasteiger partial charge in [0.2, 0.25) is 11.8 Å². The number of aryl methyl sites for hydroxylation is 2. The first-order valence-corrected chi connectivity index (χ1v) is 8.73. The highest BCUT2D eigenvalue weighted by atomic mass is 16.5. The molecule has 1 N–H and O–H groups in total. The van der Waals surface area contributed by atoms with Gasteiger partial charge in [0.1, 0.15) is 5.76 Å². The van der Waals surface area contributed by atoms with Crippen LogP contribution in [0.4, 0.5) is 5.69 Å². The van der Waals surface area contributed by atoms with Crippen LogP contribution in [0.1, 0.15) is 37.3 Å². The Hall–Kier alpha value is -2.63. The summed E-state index contributed by atoms with van der Waals surface area (Å²) in [4.78, 5) is 26.4. The molecule has 1 atom stereocenters. The lowest BCUT2D eigenvalue weighted by molar-refractivity contribution is -0.121. The van der Waals surface area contributed by atoms with Crippen molar-refractivity contribution in [3.8, 4) is 0 Å². The number of nitrogens with zero attached hydrogens (tertiary/aromatic N) is 2. The van der Waals surface area contributed by atoms with Crippen molar-refractivity contribution in [2.45, 2.75) is 45.6 Å². The quantitative estimate of drug-likeness (QED) is 0.874. The molecule has 2 aromatic rings. The summed E-state index contributed by atoms with van der Waals surface area (Å²) in [5, 5.41) is 7.02. The molecule has 1 unspecified atom stereocenters. The number of nitrogens with one attached hydrogen (secondary N) is 1. The number of hydrogen-bond donors (Lipinski definition) is 1. The maximum Gasteiger partial charge on any atom is 0.229 e. The van der Waals surface area contributed by atoms with Crippen LogP contribution in [0.2, 0.25) is 0 Å². The minimum absolute atomic E-state index is 0.0324. The summed E-state index contributed by atoms with van der Waals surface area (Å²) in [5.74, 6) is 0.700. The zero-order chi connectivity index (χ0) is 17.8. The Morgan fingerprint density at radius 1 is 1.28 bits per heavy atom. The molecule has 2 heterocycles. The number of carbonyl (C=O) groups excluding carboxylic acids is 2. The standard InChI is InChI=1S/C19H23N3O3/c1-3-16-15(17(4-2)25-21-16)11-18(23)20-13-10-19(24)22(12-13)14-8-6-5-7-9-14/h5-9,13H,3-4,10-12H2,1-2H3,(H,20,23). The van der Waals surface area contributed by atoms with Gasteiger partial charge >= 0.3 is 0 Å². The molecule has 25 heavy (non-hydrogen) atoms. The summed E-state index contributed by atoms with van der Waals surface area (Å²) in [6.07, 6.45) is 2.01. The summed E-state index contributed by atoms with van der Waals surface area (Å²) in [7, 11) is 0. The summed E-state index contributed by atoms with van der Waals surface area (Å²) in [6, 6.07) is 9.35. The summed E-state index contributed by atoms with van der Waals surface area (Å²) in [5.41, 5.74) is 2.58. The Morgan fingerprint density at radius 3 is 2.72 bits per heavy atom. The Balaban J connectivity index is 1.63. The van der Waals surface area contributed by atoms with Gasteiger partial charge in [-0.3, -0.25) is 9.59 Å². The Morgan fingerprint density at radius 2 is 2.04 bits per heavy atom. The Bertz CT molecular complexity index is 733. The fourth-order valence-corrected chi connectivity index (χ4v) is 3.24. The molecule has 0 radical (unpaired) electrons. The van der Waals surface area contributed by atoms with E-state index in [9.17, 15) is 9.59 Å². The SMILES string of the molecule is CCc1noc(CC)c1CC(=O)NC1CC(=O)N(c2ccccc2)C1. The highest BCUT2D eigenvalue weighted by Crippen LogP contribution is 2.21. The van der Waals surface area contributed by atoms with Crippen molar-refractivity contribution in [3.63, 3.8) is 0 Å². The van der Waals surface area contributed by atoms with Gasteiger partial charge in [-0.15, -0.1) is 0 Å². The van der Waals surface area contributed by atoms with Crippen molar-refractivity contribution >= 4 is 17.5 Å². The van der Waals surface area contributed by atoms with Crippen molar-refractivity contribution in [1.82, 2.24) is 10.5 Å². The van der Waals surface area contributed by atoms with Crippen LogP contribution in [0, 0.1) is 0 Å². The van der Waals surface area contributed by atoms with E-state index in [-0.39, 0.29) is 24.3 Å². The molecular weight excluding hydrogens is 318 g/mol. The van der Waals surface area contributed by atoms with Crippen LogP contribution in [-0.4, -0.2) is 29.6 Å². The van der Waals surface area contributed by atoms with E-state index >= 15 is 0 Å². The van der Waals surface area contributed by atoms with E-state index in [1.807, 2.05) is 44.2 Å². The van der Waals surface area contributed by atoms with E-state index in [2.05, 4.69) is 10.5 Å². The van der Waals surface area contributed by atoms with Crippen LogP contribution in [-0.2, 0) is 28.9 Å². The Kier molecular flexibility index (Phi) is 5.16. The zero-order valence-electron chi connectivity index (χ0n) is 14.6. The van der Waals surface area contributed by atoms with Gasteiger partial charge in [0.25, 0.3) is 0 Å². The van der Waals surface area contributed by atoms with Crippen molar-refractivity contribution in [3.05, 3.63) is 47.3 Å². The van der Waals surface area contributed by atoms with Crippen LogP contribution in [0.5, 0.6) is 0 Å². The van der Waals surface area contributed by atoms with E-state index in [1.54, 1.807) is 4.90 Å². The molecule has 0 aliphatic carbocycles. The van der Waals surface area contributed by atoms with Crippen LogP contribution in [0.15, 0.2) is 34.9 Å². The molecular formula is C19H23N3O3. The smallest absolute Gasteiger partial charge is 0.229 e. The van der Waals surface area contributed by atoms with Crippen LogP contribution >= 0.6 is 0 Å². The lowest BCUT2D eigenvalue weighted by Crippen LogP contribution is -2.38. The molecule has 0 saturated carbocycles. The number of carbonyl (C=O) groups is 2. The average molecular weight is 341 g/mol. The normalized spacial score (nSPS) is 17.1. The van der Waals surface area contributed by atoms with Crippen molar-refractivity contribution in [1.29, 1.82) is 0 Å². The number of aromatic nitrogens is 1. The van der Waals surface area contributed by atoms with Gasteiger partial charge in [0, 0.05) is 30.6 Å². The van der Waals surface area contributed by atoms with Crippen LogP contribution in [0.3, 0.4) is 0 Å². The van der Waals surface area contributed by atoms with Gasteiger partial charge in [0.15, 0.2) is 0 Å². The molecule has 132 valence electrons. The fourth-order valence-electron chi connectivity index (χ4n) is 3.24. The maximum absolute atomic E-state index is 12.4. The van der Waals surface area contributed by atoms with E-state index in [0.29, 0.717) is 19.4 Å². The monoisotopic (exact) mass is 341 g/mol. The highest BCUT2D eigenvalue weighted by Gasteiger charge is 2.31. The second-order valence-electron chi connectivity index (χ2n) is 6.22. The van der Waals surface area contributed by atoms with Crippen LogP contribution < -0.4 is 10.2 Å². The number of anilines is 1. The second kappa shape index (κ2) is 7.51. The van der Waals surface area contributed by atoms with Crippen LogP contribution in [0.25, 0.3) is 0 Å². The molecule has 0 bridgehead atoms. The minimum atomic E-state index is -0.171. The third-order valence-electron chi connectivity index (χ3n) is 4.50. The second-order valence-corrected chi connectivity index (χ2v) is 6.22. The first-order valence-electron chi connectivity index (χ1n) is 8.73. The molecule has 6 nitrogen and oxygen atoms in total. The number of rotatable bonds is 6. The summed E-state index contributed by atoms with van der Waals surface area (Å²) < 4.78 is 5.31. The van der Waals surface area contributed by atoms with E-state index in [0.717, 1.165) is 29.1 Å². The fraction of sp³-hybridized carbons (Fsp3) is 0.421. The van der Waals surface area contributed by atoms with E-state index in [4.69, 9.17) is 4.52 Å². The van der Waals surface area contributed by atoms with Crippen molar-refractivity contribution < 1.29 is 14.1 Å². The molecule has 1 aliphatic heterocycles. The number of benzene rings is 1. The molecule has 1 saturated heterocycles. The number of para-hydroxylation sites is 1. The predicted octanol–water partition coefficient (Wildman–Crippen LogP) is 2.26. The van der Waals surface area contributed by atoms with E-state index in [1.165, 1.54) is 0 Å². The third-order valence-corrected chi connectivity index (χ3v) is 4.50. The van der Waals surface area contributed by atoms with Gasteiger partial charge in [-0.05, 0) is 18.6 Å². The first kappa shape index (κ1) is 17.2. The molecule has 1 aromatic heterocycles. The average Bonchev–Trinajstić information content (AvgIpc) is 3.18. The molecule has 1 aromatic carbocycles. The third kappa shape index (κ3) is 3.73. The molecule has 2 amide bonds. The van der Waals surface area contributed by atoms with Gasteiger partial charge < -0.3 is 14.7 Å². The highest BCUT2D eigenvalue weighted by molar-refractivity contribution is 5.96. The predicted molar refractivity (Wildman–Crippen MR) is 94.3 cm³/mol. The van der Waals surface area contributed by atoms with E-state index < -0.39 is 0 Å². The largest absolute Gasteiger partial charge is 0.361 e. The number of hydrogen-bond acceptors (Lipinski definition) is 4. The lowest BCUT2D eigenvalue weighted by Gasteiger charge is -2.17. The molecule has 1 fully saturated rings. The molecule has 6 heteroatoms. The first-order chi connectivity index (χ1) is 12.1. The molecule has 3 rings (SSSR count). The zero-order valence-corrected chi connectivity index (χ0v) is 14.6. The van der Waals surface area contributed by atoms with Gasteiger partial charge in [-0.1, -0.05) is 37.2 Å². The van der Waals surface area contributed by atoms with Gasteiger partial charge in [-0.25, -0.2) is 0 Å². The topological polar surface area (TPSA) is 75.4 Å². The van der Waals surface area contributed by atoms with Gasteiger partial charge in [-0.2, -0.15) is 0 Å². The molecule has 1 aliphatic rings.